The van der Waals surface area contributed by atoms with Gasteiger partial charge in [0, 0.05) is 13.0 Å². The standard InChI is InChI=1S/C18H23NO5/c1-24-16(20)13-7-5-12(6-8-13)15-11-18(23,14-3-2-4-14)9-10-19(15)17(21)22/h5-8,14-15,23H,2-4,9-11H2,1H3,(H,21,22)/t15-,18?/m0/s1. The number of methoxy groups -OCH3 is 1. The number of nitrogens with zero attached hydrogens (tertiary/aromatic N) is 1. The molecule has 2 fully saturated rings. The van der Waals surface area contributed by atoms with Crippen molar-refractivity contribution in [1.29, 1.82) is 0 Å². The normalized spacial score (nSPS) is 27.4. The number of piperidine rings is 1. The van der Waals surface area contributed by atoms with Gasteiger partial charge in [-0.05, 0) is 42.9 Å². The minimum Gasteiger partial charge on any atom is -0.465 e. The maximum Gasteiger partial charge on any atom is 0.407 e. The first-order chi connectivity index (χ1) is 11.4. The van der Waals surface area contributed by atoms with E-state index in [0.29, 0.717) is 24.9 Å². The fourth-order valence-corrected chi connectivity index (χ4v) is 3.82. The lowest BCUT2D eigenvalue weighted by Crippen LogP contribution is -2.53. The number of hydrogen-bond donors (Lipinski definition) is 2. The van der Waals surface area contributed by atoms with Crippen molar-refractivity contribution in [2.75, 3.05) is 13.7 Å². The molecule has 0 spiro atoms. The molecule has 6 heteroatoms. The maximum absolute atomic E-state index is 11.6. The number of likely N-dealkylation sites (tertiary alicyclic amines) is 1. The Morgan fingerprint density at radius 2 is 1.92 bits per heavy atom. The van der Waals surface area contributed by atoms with Crippen molar-refractivity contribution in [1.82, 2.24) is 4.90 Å². The molecular formula is C18H23NO5. The zero-order chi connectivity index (χ0) is 17.3. The third kappa shape index (κ3) is 2.98. The van der Waals surface area contributed by atoms with Gasteiger partial charge in [-0.2, -0.15) is 0 Å². The summed E-state index contributed by atoms with van der Waals surface area (Å²) in [7, 11) is 1.32. The van der Waals surface area contributed by atoms with E-state index < -0.39 is 23.7 Å². The molecule has 3 rings (SSSR count). The molecular weight excluding hydrogens is 310 g/mol. The first kappa shape index (κ1) is 16.8. The predicted molar refractivity (Wildman–Crippen MR) is 86.8 cm³/mol. The van der Waals surface area contributed by atoms with Gasteiger partial charge >= 0.3 is 12.1 Å². The Kier molecular flexibility index (Phi) is 4.49. The van der Waals surface area contributed by atoms with Gasteiger partial charge in [-0.15, -0.1) is 0 Å². The summed E-state index contributed by atoms with van der Waals surface area (Å²) in [4.78, 5) is 24.5. The van der Waals surface area contributed by atoms with Crippen molar-refractivity contribution in [3.8, 4) is 0 Å². The van der Waals surface area contributed by atoms with Gasteiger partial charge in [-0.25, -0.2) is 9.59 Å². The van der Waals surface area contributed by atoms with Crippen LogP contribution in [0.25, 0.3) is 0 Å². The summed E-state index contributed by atoms with van der Waals surface area (Å²) < 4.78 is 4.68. The van der Waals surface area contributed by atoms with Gasteiger partial charge in [-0.1, -0.05) is 18.6 Å². The summed E-state index contributed by atoms with van der Waals surface area (Å²) in [6, 6.07) is 6.38. The van der Waals surface area contributed by atoms with Crippen molar-refractivity contribution in [2.45, 2.75) is 43.7 Å². The Morgan fingerprint density at radius 3 is 2.42 bits per heavy atom. The summed E-state index contributed by atoms with van der Waals surface area (Å²) in [6.07, 6.45) is 3.07. The van der Waals surface area contributed by atoms with Gasteiger partial charge in [0.1, 0.15) is 0 Å². The van der Waals surface area contributed by atoms with Crippen LogP contribution in [-0.4, -0.2) is 46.4 Å². The number of rotatable bonds is 3. The van der Waals surface area contributed by atoms with E-state index in [4.69, 9.17) is 0 Å². The van der Waals surface area contributed by atoms with E-state index in [9.17, 15) is 19.8 Å². The van der Waals surface area contributed by atoms with E-state index in [-0.39, 0.29) is 5.92 Å². The SMILES string of the molecule is COC(=O)c1ccc([C@@H]2CC(O)(C3CCC3)CCN2C(=O)O)cc1. The minimum atomic E-state index is -0.979. The van der Waals surface area contributed by atoms with Gasteiger partial charge in [0.2, 0.25) is 0 Å². The molecule has 0 bridgehead atoms. The highest BCUT2D eigenvalue weighted by atomic mass is 16.5. The Labute approximate surface area is 141 Å². The smallest absolute Gasteiger partial charge is 0.407 e. The first-order valence-corrected chi connectivity index (χ1v) is 8.35. The van der Waals surface area contributed by atoms with E-state index in [1.807, 2.05) is 0 Å². The molecule has 6 nitrogen and oxygen atoms in total. The second-order valence-corrected chi connectivity index (χ2v) is 6.79. The van der Waals surface area contributed by atoms with Crippen LogP contribution in [0.5, 0.6) is 0 Å². The molecule has 1 heterocycles. The highest BCUT2D eigenvalue weighted by molar-refractivity contribution is 5.89. The van der Waals surface area contributed by atoms with Crippen molar-refractivity contribution in [3.63, 3.8) is 0 Å². The number of hydrogen-bond acceptors (Lipinski definition) is 4. The highest BCUT2D eigenvalue weighted by Crippen LogP contribution is 2.47. The van der Waals surface area contributed by atoms with Gasteiger partial charge in [-0.3, -0.25) is 0 Å². The monoisotopic (exact) mass is 333 g/mol. The van der Waals surface area contributed by atoms with Crippen LogP contribution in [0.1, 0.15) is 54.1 Å². The highest BCUT2D eigenvalue weighted by Gasteiger charge is 2.47. The number of carbonyl (C=O) groups excluding carboxylic acids is 1. The molecule has 2 aliphatic rings. The molecule has 2 N–H and O–H groups in total. The molecule has 0 aromatic heterocycles. The molecule has 1 aromatic carbocycles. The number of carbonyl (C=O) groups is 2. The van der Waals surface area contributed by atoms with Crippen LogP contribution in [0.15, 0.2) is 24.3 Å². The Morgan fingerprint density at radius 1 is 1.25 bits per heavy atom. The Bertz CT molecular complexity index is 625. The van der Waals surface area contributed by atoms with Gasteiger partial charge in [0.05, 0.1) is 24.3 Å². The first-order valence-electron chi connectivity index (χ1n) is 8.35. The van der Waals surface area contributed by atoms with Crippen LogP contribution >= 0.6 is 0 Å². The molecule has 24 heavy (non-hydrogen) atoms. The zero-order valence-corrected chi connectivity index (χ0v) is 13.8. The summed E-state index contributed by atoms with van der Waals surface area (Å²) in [5, 5.41) is 20.5. The average Bonchev–Trinajstić information content (AvgIpc) is 2.52. The molecule has 1 saturated heterocycles. The van der Waals surface area contributed by atoms with E-state index in [0.717, 1.165) is 24.8 Å². The number of carboxylic acid groups (broad SMARTS) is 1. The summed E-state index contributed by atoms with van der Waals surface area (Å²) in [5.74, 6) is -0.156. The average molecular weight is 333 g/mol. The predicted octanol–water partition coefficient (Wildman–Crippen LogP) is 2.82. The fourth-order valence-electron chi connectivity index (χ4n) is 3.82. The van der Waals surface area contributed by atoms with E-state index in [1.165, 1.54) is 12.0 Å². The van der Waals surface area contributed by atoms with Crippen molar-refractivity contribution in [2.24, 2.45) is 5.92 Å². The van der Waals surface area contributed by atoms with Gasteiger partial charge in [0.25, 0.3) is 0 Å². The molecule has 130 valence electrons. The Balaban J connectivity index is 1.85. The van der Waals surface area contributed by atoms with Crippen LogP contribution in [0.3, 0.4) is 0 Å². The van der Waals surface area contributed by atoms with Crippen LogP contribution < -0.4 is 0 Å². The van der Waals surface area contributed by atoms with Crippen LogP contribution in [0.2, 0.25) is 0 Å². The minimum absolute atomic E-state index is 0.269. The van der Waals surface area contributed by atoms with Crippen molar-refractivity contribution in [3.05, 3.63) is 35.4 Å². The van der Waals surface area contributed by atoms with Crippen LogP contribution in [-0.2, 0) is 4.74 Å². The van der Waals surface area contributed by atoms with E-state index in [1.54, 1.807) is 24.3 Å². The molecule has 1 aliphatic heterocycles. The number of amides is 1. The largest absolute Gasteiger partial charge is 0.465 e. The molecule has 1 aromatic rings. The number of ether oxygens (including phenoxy) is 1. The van der Waals surface area contributed by atoms with Crippen molar-refractivity contribution >= 4 is 12.1 Å². The lowest BCUT2D eigenvalue weighted by molar-refractivity contribution is -0.103. The molecule has 1 unspecified atom stereocenters. The third-order valence-corrected chi connectivity index (χ3v) is 5.54. The third-order valence-electron chi connectivity index (χ3n) is 5.54. The maximum atomic E-state index is 11.6. The number of aliphatic hydroxyl groups is 1. The topological polar surface area (TPSA) is 87.1 Å². The van der Waals surface area contributed by atoms with E-state index in [2.05, 4.69) is 4.74 Å². The molecule has 2 atom stereocenters. The summed E-state index contributed by atoms with van der Waals surface area (Å²) in [5.41, 5.74) is 0.422. The van der Waals surface area contributed by atoms with Crippen LogP contribution in [0, 0.1) is 5.92 Å². The van der Waals surface area contributed by atoms with Gasteiger partial charge in [0.15, 0.2) is 0 Å². The fraction of sp³-hybridized carbons (Fsp3) is 0.556. The second-order valence-electron chi connectivity index (χ2n) is 6.79. The number of benzene rings is 1. The Hall–Kier alpha value is -2.08. The molecule has 1 saturated carbocycles. The summed E-state index contributed by atoms with van der Waals surface area (Å²) in [6.45, 7) is 0.325. The molecule has 1 aliphatic carbocycles. The molecule has 0 radical (unpaired) electrons. The quantitative estimate of drug-likeness (QED) is 0.831. The van der Waals surface area contributed by atoms with Crippen LogP contribution in [0.4, 0.5) is 4.79 Å². The molecule has 1 amide bonds. The lowest BCUT2D eigenvalue weighted by Gasteiger charge is -2.49. The lowest BCUT2D eigenvalue weighted by atomic mass is 9.67. The summed E-state index contributed by atoms with van der Waals surface area (Å²) >= 11 is 0. The number of esters is 1. The second kappa shape index (κ2) is 6.43. The van der Waals surface area contributed by atoms with Gasteiger partial charge < -0.3 is 19.8 Å². The zero-order valence-electron chi connectivity index (χ0n) is 13.8. The van der Waals surface area contributed by atoms with E-state index >= 15 is 0 Å². The van der Waals surface area contributed by atoms with Crippen molar-refractivity contribution < 1.29 is 24.5 Å².